The van der Waals surface area contributed by atoms with Crippen LogP contribution in [0.2, 0.25) is 5.02 Å². The average molecular weight is 433 g/mol. The molecule has 2 N–H and O–H groups in total. The number of benzene rings is 2. The summed E-state index contributed by atoms with van der Waals surface area (Å²) in [4.78, 5) is 28.7. The van der Waals surface area contributed by atoms with Crippen molar-refractivity contribution >= 4 is 34.8 Å². The first kappa shape index (κ1) is 22.2. The lowest BCUT2D eigenvalue weighted by Gasteiger charge is -2.33. The standard InChI is InChI=1S/C22H26ClFN4O2/c1-15-4-3-5-19(16(15)2)25-21(29)13-27-8-10-28(11-9-27)14-22(30)26-20-12-17(23)6-7-18(20)24/h3-7,12H,8-11,13-14H2,1-2H3,(H,25,29)(H,26,30). The first-order valence-corrected chi connectivity index (χ1v) is 10.3. The van der Waals surface area contributed by atoms with Crippen LogP contribution in [0.25, 0.3) is 0 Å². The molecule has 160 valence electrons. The maximum atomic E-state index is 13.8. The van der Waals surface area contributed by atoms with Gasteiger partial charge in [-0.1, -0.05) is 23.7 Å². The molecular weight excluding hydrogens is 407 g/mol. The zero-order chi connectivity index (χ0) is 21.7. The molecule has 1 saturated heterocycles. The second-order valence-electron chi connectivity index (χ2n) is 7.52. The fourth-order valence-electron chi connectivity index (χ4n) is 3.37. The maximum Gasteiger partial charge on any atom is 0.238 e. The highest BCUT2D eigenvalue weighted by Gasteiger charge is 2.21. The van der Waals surface area contributed by atoms with Crippen molar-refractivity contribution in [2.75, 3.05) is 49.9 Å². The molecule has 0 saturated carbocycles. The lowest BCUT2D eigenvalue weighted by atomic mass is 10.1. The van der Waals surface area contributed by atoms with Crippen LogP contribution in [0.15, 0.2) is 36.4 Å². The van der Waals surface area contributed by atoms with E-state index >= 15 is 0 Å². The van der Waals surface area contributed by atoms with Gasteiger partial charge in [0.1, 0.15) is 5.82 Å². The molecule has 0 radical (unpaired) electrons. The summed E-state index contributed by atoms with van der Waals surface area (Å²) in [6, 6.07) is 9.89. The van der Waals surface area contributed by atoms with Gasteiger partial charge in [0.15, 0.2) is 0 Å². The molecule has 2 amide bonds. The van der Waals surface area contributed by atoms with E-state index in [0.717, 1.165) is 16.8 Å². The van der Waals surface area contributed by atoms with Crippen LogP contribution in [0.4, 0.5) is 15.8 Å². The predicted molar refractivity (Wildman–Crippen MR) is 117 cm³/mol. The van der Waals surface area contributed by atoms with Crippen LogP contribution < -0.4 is 10.6 Å². The van der Waals surface area contributed by atoms with Crippen LogP contribution in [-0.4, -0.2) is 60.9 Å². The molecule has 8 heteroatoms. The molecule has 1 aliphatic heterocycles. The number of rotatable bonds is 6. The predicted octanol–water partition coefficient (Wildman–Crippen LogP) is 3.29. The molecular formula is C22H26ClFN4O2. The summed E-state index contributed by atoms with van der Waals surface area (Å²) in [5, 5.41) is 5.90. The fourth-order valence-corrected chi connectivity index (χ4v) is 3.54. The normalized spacial score (nSPS) is 15.1. The largest absolute Gasteiger partial charge is 0.325 e. The third-order valence-electron chi connectivity index (χ3n) is 5.28. The number of hydrogen-bond acceptors (Lipinski definition) is 4. The van der Waals surface area contributed by atoms with Crippen LogP contribution in [0.1, 0.15) is 11.1 Å². The lowest BCUT2D eigenvalue weighted by Crippen LogP contribution is -2.50. The Morgan fingerprint density at radius 1 is 0.933 bits per heavy atom. The van der Waals surface area contributed by atoms with Crippen LogP contribution in [-0.2, 0) is 9.59 Å². The molecule has 0 aliphatic carbocycles. The Balaban J connectivity index is 1.43. The Morgan fingerprint density at radius 2 is 1.50 bits per heavy atom. The summed E-state index contributed by atoms with van der Waals surface area (Å²) < 4.78 is 13.8. The Kier molecular flexibility index (Phi) is 7.42. The summed E-state index contributed by atoms with van der Waals surface area (Å²) in [6.45, 7) is 7.14. The minimum absolute atomic E-state index is 0.0497. The van der Waals surface area contributed by atoms with Crippen molar-refractivity contribution in [3.05, 3.63) is 58.4 Å². The summed E-state index contributed by atoms with van der Waals surface area (Å²) in [7, 11) is 0. The van der Waals surface area contributed by atoms with Gasteiger partial charge >= 0.3 is 0 Å². The van der Waals surface area contributed by atoms with Gasteiger partial charge in [0, 0.05) is 36.9 Å². The van der Waals surface area contributed by atoms with Gasteiger partial charge in [-0.25, -0.2) is 4.39 Å². The lowest BCUT2D eigenvalue weighted by molar-refractivity contribution is -0.120. The molecule has 1 fully saturated rings. The number of anilines is 2. The summed E-state index contributed by atoms with van der Waals surface area (Å²) in [5.41, 5.74) is 3.12. The number of aryl methyl sites for hydroxylation is 1. The number of carbonyl (C=O) groups is 2. The zero-order valence-electron chi connectivity index (χ0n) is 17.2. The minimum Gasteiger partial charge on any atom is -0.325 e. The molecule has 0 bridgehead atoms. The quantitative estimate of drug-likeness (QED) is 0.735. The number of carbonyl (C=O) groups excluding carboxylic acids is 2. The van der Waals surface area contributed by atoms with Gasteiger partial charge in [-0.3, -0.25) is 19.4 Å². The molecule has 0 atom stereocenters. The number of nitrogens with one attached hydrogen (secondary N) is 2. The van der Waals surface area contributed by atoms with Gasteiger partial charge < -0.3 is 10.6 Å². The van der Waals surface area contributed by atoms with Crippen molar-refractivity contribution in [1.82, 2.24) is 9.80 Å². The summed E-state index contributed by atoms with van der Waals surface area (Å²) in [5.74, 6) is -0.865. The topological polar surface area (TPSA) is 64.7 Å². The van der Waals surface area contributed by atoms with Crippen molar-refractivity contribution in [2.45, 2.75) is 13.8 Å². The van der Waals surface area contributed by atoms with Crippen LogP contribution in [0, 0.1) is 19.7 Å². The Morgan fingerprint density at radius 3 is 2.10 bits per heavy atom. The molecule has 0 unspecified atom stereocenters. The van der Waals surface area contributed by atoms with Gasteiger partial charge in [-0.2, -0.15) is 0 Å². The van der Waals surface area contributed by atoms with Crippen LogP contribution >= 0.6 is 11.6 Å². The van der Waals surface area contributed by atoms with Crippen molar-refractivity contribution < 1.29 is 14.0 Å². The average Bonchev–Trinajstić information content (AvgIpc) is 2.70. The van der Waals surface area contributed by atoms with Gasteiger partial charge in [-0.05, 0) is 49.2 Å². The van der Waals surface area contributed by atoms with E-state index in [1.54, 1.807) is 0 Å². The van der Waals surface area contributed by atoms with E-state index in [1.807, 2.05) is 36.9 Å². The fraction of sp³-hybridized carbons (Fsp3) is 0.364. The molecule has 2 aromatic carbocycles. The van der Waals surface area contributed by atoms with Crippen molar-refractivity contribution in [2.24, 2.45) is 0 Å². The monoisotopic (exact) mass is 432 g/mol. The smallest absolute Gasteiger partial charge is 0.238 e. The Labute approximate surface area is 181 Å². The molecule has 2 aromatic rings. The van der Waals surface area contributed by atoms with E-state index in [9.17, 15) is 14.0 Å². The highest BCUT2D eigenvalue weighted by atomic mass is 35.5. The van der Waals surface area contributed by atoms with Gasteiger partial charge in [0.2, 0.25) is 11.8 Å². The number of amides is 2. The SMILES string of the molecule is Cc1cccc(NC(=O)CN2CCN(CC(=O)Nc3cc(Cl)ccc3F)CC2)c1C. The van der Waals surface area contributed by atoms with Crippen molar-refractivity contribution in [3.8, 4) is 0 Å². The van der Waals surface area contributed by atoms with Gasteiger partial charge in [-0.15, -0.1) is 0 Å². The molecule has 0 spiro atoms. The Hall–Kier alpha value is -2.48. The number of nitrogens with zero attached hydrogens (tertiary/aromatic N) is 2. The Bertz CT molecular complexity index is 903. The minimum atomic E-state index is -0.521. The summed E-state index contributed by atoms with van der Waals surface area (Å²) >= 11 is 5.85. The second kappa shape index (κ2) is 10.0. The van der Waals surface area contributed by atoms with Crippen LogP contribution in [0.5, 0.6) is 0 Å². The number of piperazine rings is 1. The summed E-state index contributed by atoms with van der Waals surface area (Å²) in [6.07, 6.45) is 0. The first-order valence-electron chi connectivity index (χ1n) is 9.87. The molecule has 6 nitrogen and oxygen atoms in total. The van der Waals surface area contributed by atoms with E-state index in [-0.39, 0.29) is 24.0 Å². The third-order valence-corrected chi connectivity index (χ3v) is 5.52. The van der Waals surface area contributed by atoms with Crippen molar-refractivity contribution in [3.63, 3.8) is 0 Å². The van der Waals surface area contributed by atoms with E-state index in [0.29, 0.717) is 37.7 Å². The number of hydrogen-bond donors (Lipinski definition) is 2. The van der Waals surface area contributed by atoms with E-state index < -0.39 is 5.82 Å². The van der Waals surface area contributed by atoms with Crippen molar-refractivity contribution in [1.29, 1.82) is 0 Å². The molecule has 3 rings (SSSR count). The van der Waals surface area contributed by atoms with E-state index in [4.69, 9.17) is 11.6 Å². The highest BCUT2D eigenvalue weighted by molar-refractivity contribution is 6.30. The molecule has 0 aromatic heterocycles. The van der Waals surface area contributed by atoms with E-state index in [2.05, 4.69) is 15.5 Å². The molecule has 1 heterocycles. The van der Waals surface area contributed by atoms with E-state index in [1.165, 1.54) is 18.2 Å². The number of halogens is 2. The first-order chi connectivity index (χ1) is 14.3. The highest BCUT2D eigenvalue weighted by Crippen LogP contribution is 2.20. The molecule has 1 aliphatic rings. The van der Waals surface area contributed by atoms with Gasteiger partial charge in [0.05, 0.1) is 18.8 Å². The third kappa shape index (κ3) is 6.01. The molecule has 30 heavy (non-hydrogen) atoms. The second-order valence-corrected chi connectivity index (χ2v) is 7.96. The van der Waals surface area contributed by atoms with Crippen LogP contribution in [0.3, 0.4) is 0 Å². The maximum absolute atomic E-state index is 13.8. The zero-order valence-corrected chi connectivity index (χ0v) is 17.9. The van der Waals surface area contributed by atoms with Gasteiger partial charge in [0.25, 0.3) is 0 Å².